The maximum atomic E-state index is 12.3. The Labute approximate surface area is 191 Å². The summed E-state index contributed by atoms with van der Waals surface area (Å²) in [5.74, 6) is 1.83. The number of guanidine groups is 1. The van der Waals surface area contributed by atoms with Gasteiger partial charge in [0.2, 0.25) is 5.91 Å². The Morgan fingerprint density at radius 2 is 1.86 bits per heavy atom. The van der Waals surface area contributed by atoms with E-state index in [0.717, 1.165) is 70.0 Å². The Balaban J connectivity index is 0.00000300. The van der Waals surface area contributed by atoms with Gasteiger partial charge in [0.1, 0.15) is 5.82 Å². The highest BCUT2D eigenvalue weighted by Crippen LogP contribution is 2.19. The lowest BCUT2D eigenvalue weighted by atomic mass is 10.2. The fraction of sp³-hybridized carbons (Fsp3) is 0.650. The lowest BCUT2D eigenvalue weighted by Gasteiger charge is -2.34. The van der Waals surface area contributed by atoms with Crippen molar-refractivity contribution in [2.75, 3.05) is 64.3 Å². The molecule has 1 amide bonds. The Hall–Kier alpha value is -1.62. The largest absolute Gasteiger partial charge is 0.357 e. The van der Waals surface area contributed by atoms with Gasteiger partial charge < -0.3 is 25.3 Å². The SMILES string of the molecule is CCNC(=NCc1cccnc1N1CCN(C)CC1)NCC(=O)N1CCCC1.I. The summed E-state index contributed by atoms with van der Waals surface area (Å²) in [6.07, 6.45) is 4.06. The number of likely N-dealkylation sites (N-methyl/N-ethyl adjacent to an activating group) is 1. The number of hydrogen-bond donors (Lipinski definition) is 2. The molecular weight excluding hydrogens is 481 g/mol. The van der Waals surface area contributed by atoms with Gasteiger partial charge >= 0.3 is 0 Å². The van der Waals surface area contributed by atoms with Gasteiger partial charge in [-0.1, -0.05) is 6.07 Å². The summed E-state index contributed by atoms with van der Waals surface area (Å²) in [7, 11) is 2.15. The molecule has 2 saturated heterocycles. The minimum absolute atomic E-state index is 0. The van der Waals surface area contributed by atoms with Gasteiger partial charge in [0.05, 0.1) is 13.1 Å². The van der Waals surface area contributed by atoms with E-state index >= 15 is 0 Å². The monoisotopic (exact) mass is 515 g/mol. The molecule has 162 valence electrons. The van der Waals surface area contributed by atoms with Gasteiger partial charge in [-0.2, -0.15) is 0 Å². The second-order valence-corrected chi connectivity index (χ2v) is 7.41. The van der Waals surface area contributed by atoms with Crippen LogP contribution in [-0.4, -0.2) is 86.1 Å². The van der Waals surface area contributed by atoms with Crippen LogP contribution in [0.15, 0.2) is 23.3 Å². The molecule has 0 atom stereocenters. The van der Waals surface area contributed by atoms with Crippen LogP contribution in [0.5, 0.6) is 0 Å². The van der Waals surface area contributed by atoms with E-state index in [1.165, 1.54) is 0 Å². The molecule has 1 aromatic heterocycles. The molecule has 8 nitrogen and oxygen atoms in total. The molecule has 2 fully saturated rings. The quantitative estimate of drug-likeness (QED) is 0.336. The molecule has 0 unspecified atom stereocenters. The Kier molecular flexibility index (Phi) is 9.92. The topological polar surface area (TPSA) is 76.1 Å². The summed E-state index contributed by atoms with van der Waals surface area (Å²) in [6, 6.07) is 4.05. The van der Waals surface area contributed by atoms with Gasteiger partial charge in [-0.15, -0.1) is 24.0 Å². The van der Waals surface area contributed by atoms with Crippen molar-refractivity contribution >= 4 is 41.7 Å². The molecule has 0 aromatic carbocycles. The molecule has 3 heterocycles. The molecule has 0 spiro atoms. The van der Waals surface area contributed by atoms with Gasteiger partial charge in [0.15, 0.2) is 5.96 Å². The van der Waals surface area contributed by atoms with Crippen LogP contribution in [0.25, 0.3) is 0 Å². The number of halogens is 1. The van der Waals surface area contributed by atoms with Gasteiger partial charge in [0, 0.05) is 57.6 Å². The standard InChI is InChI=1S/C20H33N7O.HI/c1-3-21-20(24-16-18(28)26-9-4-5-10-26)23-15-17-7-6-8-22-19(17)27-13-11-25(2)12-14-27;/h6-8H,3-5,9-16H2,1-2H3,(H2,21,23,24);1H. The lowest BCUT2D eigenvalue weighted by molar-refractivity contribution is -0.128. The highest BCUT2D eigenvalue weighted by molar-refractivity contribution is 14.0. The van der Waals surface area contributed by atoms with Crippen molar-refractivity contribution in [2.24, 2.45) is 4.99 Å². The molecular formula is C20H34IN7O. The number of carbonyl (C=O) groups is 1. The zero-order valence-electron chi connectivity index (χ0n) is 17.6. The third-order valence-electron chi connectivity index (χ3n) is 5.29. The molecule has 2 aliphatic heterocycles. The minimum Gasteiger partial charge on any atom is -0.357 e. The van der Waals surface area contributed by atoms with E-state index in [-0.39, 0.29) is 36.4 Å². The summed E-state index contributed by atoms with van der Waals surface area (Å²) in [4.78, 5) is 28.2. The Morgan fingerprint density at radius 1 is 1.14 bits per heavy atom. The average Bonchev–Trinajstić information content (AvgIpc) is 3.26. The maximum absolute atomic E-state index is 12.3. The van der Waals surface area contributed by atoms with Crippen molar-refractivity contribution in [2.45, 2.75) is 26.3 Å². The van der Waals surface area contributed by atoms with Crippen LogP contribution in [0.3, 0.4) is 0 Å². The zero-order valence-corrected chi connectivity index (χ0v) is 19.9. The normalized spacial score (nSPS) is 17.8. The van der Waals surface area contributed by atoms with E-state index in [1.807, 2.05) is 24.1 Å². The first-order valence-electron chi connectivity index (χ1n) is 10.3. The van der Waals surface area contributed by atoms with E-state index < -0.39 is 0 Å². The average molecular weight is 515 g/mol. The number of carbonyl (C=O) groups excluding carboxylic acids is 1. The number of aromatic nitrogens is 1. The maximum Gasteiger partial charge on any atom is 0.241 e. The van der Waals surface area contributed by atoms with Crippen molar-refractivity contribution in [3.05, 3.63) is 23.9 Å². The predicted octanol–water partition coefficient (Wildman–Crippen LogP) is 1.13. The van der Waals surface area contributed by atoms with E-state index in [9.17, 15) is 4.79 Å². The second-order valence-electron chi connectivity index (χ2n) is 7.41. The third-order valence-corrected chi connectivity index (χ3v) is 5.29. The molecule has 2 N–H and O–H groups in total. The third kappa shape index (κ3) is 6.98. The van der Waals surface area contributed by atoms with Crippen molar-refractivity contribution in [3.8, 4) is 0 Å². The van der Waals surface area contributed by atoms with Crippen molar-refractivity contribution in [1.29, 1.82) is 0 Å². The summed E-state index contributed by atoms with van der Waals surface area (Å²) in [5.41, 5.74) is 1.11. The predicted molar refractivity (Wildman–Crippen MR) is 128 cm³/mol. The van der Waals surface area contributed by atoms with Crippen molar-refractivity contribution in [1.82, 2.24) is 25.4 Å². The number of piperazine rings is 1. The van der Waals surface area contributed by atoms with Crippen LogP contribution in [0, 0.1) is 0 Å². The number of hydrogen-bond acceptors (Lipinski definition) is 5. The Morgan fingerprint density at radius 3 is 2.55 bits per heavy atom. The van der Waals surface area contributed by atoms with E-state index in [4.69, 9.17) is 4.99 Å². The number of nitrogens with zero attached hydrogens (tertiary/aromatic N) is 5. The number of amides is 1. The van der Waals surface area contributed by atoms with Crippen molar-refractivity contribution < 1.29 is 4.79 Å². The minimum atomic E-state index is 0. The highest BCUT2D eigenvalue weighted by Gasteiger charge is 2.19. The van der Waals surface area contributed by atoms with Gasteiger partial charge in [-0.3, -0.25) is 4.79 Å². The van der Waals surface area contributed by atoms with Crippen LogP contribution < -0.4 is 15.5 Å². The van der Waals surface area contributed by atoms with E-state index in [1.54, 1.807) is 0 Å². The first kappa shape index (κ1) is 23.7. The second kappa shape index (κ2) is 12.2. The number of rotatable bonds is 6. The van der Waals surface area contributed by atoms with E-state index in [2.05, 4.69) is 38.5 Å². The molecule has 0 bridgehead atoms. The molecule has 9 heteroatoms. The summed E-state index contributed by atoms with van der Waals surface area (Å²) in [5, 5.41) is 6.41. The van der Waals surface area contributed by atoms with Crippen LogP contribution in [0.2, 0.25) is 0 Å². The number of aliphatic imine (C=N–C) groups is 1. The van der Waals surface area contributed by atoms with E-state index in [0.29, 0.717) is 12.5 Å². The number of likely N-dealkylation sites (tertiary alicyclic amines) is 1. The molecule has 0 radical (unpaired) electrons. The molecule has 0 saturated carbocycles. The molecule has 0 aliphatic carbocycles. The fourth-order valence-electron chi connectivity index (χ4n) is 3.60. The first-order chi connectivity index (χ1) is 13.7. The van der Waals surface area contributed by atoms with Crippen molar-refractivity contribution in [3.63, 3.8) is 0 Å². The number of nitrogens with one attached hydrogen (secondary N) is 2. The molecule has 2 aliphatic rings. The van der Waals surface area contributed by atoms with Crippen LogP contribution in [0.1, 0.15) is 25.3 Å². The first-order valence-corrected chi connectivity index (χ1v) is 10.3. The van der Waals surface area contributed by atoms with Gasteiger partial charge in [0.25, 0.3) is 0 Å². The fourth-order valence-corrected chi connectivity index (χ4v) is 3.60. The highest BCUT2D eigenvalue weighted by atomic mass is 127. The van der Waals surface area contributed by atoms with Gasteiger partial charge in [-0.05, 0) is 32.9 Å². The number of anilines is 1. The van der Waals surface area contributed by atoms with Crippen LogP contribution in [-0.2, 0) is 11.3 Å². The lowest BCUT2D eigenvalue weighted by Crippen LogP contribution is -2.45. The van der Waals surface area contributed by atoms with Crippen LogP contribution in [0.4, 0.5) is 5.82 Å². The van der Waals surface area contributed by atoms with Crippen LogP contribution >= 0.6 is 24.0 Å². The number of pyridine rings is 1. The van der Waals surface area contributed by atoms with Gasteiger partial charge in [-0.25, -0.2) is 9.98 Å². The summed E-state index contributed by atoms with van der Waals surface area (Å²) < 4.78 is 0. The summed E-state index contributed by atoms with van der Waals surface area (Å²) in [6.45, 7) is 9.38. The molecule has 29 heavy (non-hydrogen) atoms. The Bertz CT molecular complexity index is 671. The molecule has 3 rings (SSSR count). The zero-order chi connectivity index (χ0) is 19.8. The molecule has 1 aromatic rings. The smallest absolute Gasteiger partial charge is 0.241 e. The summed E-state index contributed by atoms with van der Waals surface area (Å²) >= 11 is 0.